The number of hydrogen-bond acceptors (Lipinski definition) is 6. The van der Waals surface area contributed by atoms with Gasteiger partial charge in [-0.15, -0.1) is 0 Å². The number of allylic oxidation sites excluding steroid dienone is 4. The van der Waals surface area contributed by atoms with Gasteiger partial charge in [-0.05, 0) is 38.5 Å². The van der Waals surface area contributed by atoms with Gasteiger partial charge in [0, 0.05) is 6.42 Å². The highest BCUT2D eigenvalue weighted by atomic mass is 31.2. The highest BCUT2D eigenvalue weighted by Gasteiger charge is 2.12. The lowest BCUT2D eigenvalue weighted by atomic mass is 10.1. The van der Waals surface area contributed by atoms with Gasteiger partial charge < -0.3 is 24.2 Å². The smallest absolute Gasteiger partial charge is 0.305 e. The second-order valence-electron chi connectivity index (χ2n) is 7.08. The van der Waals surface area contributed by atoms with Gasteiger partial charge in [-0.3, -0.25) is 9.36 Å². The van der Waals surface area contributed by atoms with E-state index in [0.717, 1.165) is 44.9 Å². The van der Waals surface area contributed by atoms with Crippen LogP contribution < -0.4 is 4.89 Å². The van der Waals surface area contributed by atoms with Gasteiger partial charge in [-0.2, -0.15) is 0 Å². The van der Waals surface area contributed by atoms with Crippen LogP contribution in [-0.4, -0.2) is 35.3 Å². The number of carbonyl (C=O) groups excluding carboxylic acids is 1. The van der Waals surface area contributed by atoms with Crippen LogP contribution in [0.2, 0.25) is 0 Å². The summed E-state index contributed by atoms with van der Waals surface area (Å²) in [6, 6.07) is 0. The molecule has 29 heavy (non-hydrogen) atoms. The molecule has 0 aliphatic heterocycles. The van der Waals surface area contributed by atoms with Crippen molar-refractivity contribution in [3.8, 4) is 0 Å². The van der Waals surface area contributed by atoms with Gasteiger partial charge in [0.15, 0.2) is 0 Å². The largest absolute Gasteiger partial charge is 0.756 e. The first kappa shape index (κ1) is 28.0. The first-order valence-electron chi connectivity index (χ1n) is 10.7. The molecule has 0 aromatic rings. The van der Waals surface area contributed by atoms with Gasteiger partial charge in [-0.25, -0.2) is 0 Å². The Labute approximate surface area is 175 Å². The Balaban J connectivity index is 3.44. The zero-order valence-corrected chi connectivity index (χ0v) is 18.6. The maximum Gasteiger partial charge on any atom is 0.305 e. The molecule has 0 bridgehead atoms. The number of unbranched alkanes of at least 4 members (excludes halogenated alkanes) is 8. The number of aliphatic hydroxyl groups is 1. The van der Waals surface area contributed by atoms with Crippen LogP contribution in [0.5, 0.6) is 0 Å². The molecule has 8 heteroatoms. The molecule has 2 atom stereocenters. The van der Waals surface area contributed by atoms with Crippen LogP contribution in [-0.2, 0) is 18.6 Å². The molecule has 0 saturated heterocycles. The molecule has 0 heterocycles. The second kappa shape index (κ2) is 19.0. The number of esters is 1. The van der Waals surface area contributed by atoms with Crippen molar-refractivity contribution in [2.75, 3.05) is 13.2 Å². The summed E-state index contributed by atoms with van der Waals surface area (Å²) in [7, 11) is -4.87. The Kier molecular flexibility index (Phi) is 18.4. The molecule has 1 unspecified atom stereocenters. The van der Waals surface area contributed by atoms with E-state index in [2.05, 4.69) is 35.8 Å². The predicted molar refractivity (Wildman–Crippen MR) is 112 cm³/mol. The standard InChI is InChI=1S/C21H39O7P/c1-2-3-4-5-6-7-8-9-10-11-12-13-14-15-16-17-21(23)27-18-20(22)19-28-29(24,25)26/h6-7,9-10,20,22H,2-5,8,11-19H2,1H3,(H2,24,25,26)/p-1/b7-6-,10-9-/t20-/m1/s1. The summed E-state index contributed by atoms with van der Waals surface area (Å²) >= 11 is 0. The van der Waals surface area contributed by atoms with Gasteiger partial charge in [0.2, 0.25) is 0 Å². The van der Waals surface area contributed by atoms with E-state index in [9.17, 15) is 19.4 Å². The zero-order valence-electron chi connectivity index (χ0n) is 17.7. The van der Waals surface area contributed by atoms with Gasteiger partial charge in [0.1, 0.15) is 12.7 Å². The molecule has 0 aromatic carbocycles. The Morgan fingerprint density at radius 2 is 1.55 bits per heavy atom. The van der Waals surface area contributed by atoms with Gasteiger partial charge in [-0.1, -0.05) is 63.3 Å². The molecule has 0 amide bonds. The molecule has 0 radical (unpaired) electrons. The Bertz CT molecular complexity index is 499. The number of hydrogen-bond donors (Lipinski definition) is 2. The molecule has 0 aliphatic carbocycles. The van der Waals surface area contributed by atoms with Gasteiger partial charge in [0.25, 0.3) is 7.82 Å². The van der Waals surface area contributed by atoms with Crippen LogP contribution in [0.3, 0.4) is 0 Å². The van der Waals surface area contributed by atoms with Crippen molar-refractivity contribution >= 4 is 13.8 Å². The molecular weight excluding hydrogens is 395 g/mol. The lowest BCUT2D eigenvalue weighted by Crippen LogP contribution is -2.24. The molecule has 0 aromatic heterocycles. The summed E-state index contributed by atoms with van der Waals surface area (Å²) in [5.74, 6) is -0.441. The fourth-order valence-corrected chi connectivity index (χ4v) is 2.93. The van der Waals surface area contributed by atoms with Crippen LogP contribution >= 0.6 is 7.82 Å². The first-order valence-corrected chi connectivity index (χ1v) is 12.2. The summed E-state index contributed by atoms with van der Waals surface area (Å²) < 4.78 is 19.2. The third-order valence-electron chi connectivity index (χ3n) is 4.20. The molecule has 0 saturated carbocycles. The lowest BCUT2D eigenvalue weighted by Gasteiger charge is -2.18. The number of ether oxygens (including phenoxy) is 1. The van der Waals surface area contributed by atoms with E-state index in [4.69, 9.17) is 9.63 Å². The average molecular weight is 434 g/mol. The summed E-state index contributed by atoms with van der Waals surface area (Å²) in [6.07, 6.45) is 20.0. The van der Waals surface area contributed by atoms with Crippen LogP contribution in [0.15, 0.2) is 24.3 Å². The number of carbonyl (C=O) groups is 1. The lowest BCUT2D eigenvalue weighted by molar-refractivity contribution is -0.222. The maximum atomic E-state index is 11.5. The van der Waals surface area contributed by atoms with E-state index in [-0.39, 0.29) is 13.0 Å². The van der Waals surface area contributed by atoms with Crippen LogP contribution in [0, 0.1) is 0 Å². The first-order chi connectivity index (χ1) is 13.8. The average Bonchev–Trinajstić information content (AvgIpc) is 2.67. The van der Waals surface area contributed by atoms with Crippen molar-refractivity contribution in [1.82, 2.24) is 0 Å². The summed E-state index contributed by atoms with van der Waals surface area (Å²) in [5, 5.41) is 9.38. The predicted octanol–water partition coefficient (Wildman–Crippen LogP) is 4.18. The van der Waals surface area contributed by atoms with Crippen molar-refractivity contribution in [3.05, 3.63) is 24.3 Å². The summed E-state index contributed by atoms with van der Waals surface area (Å²) in [5.41, 5.74) is 0. The number of rotatable bonds is 19. The zero-order chi connectivity index (χ0) is 21.8. The van der Waals surface area contributed by atoms with E-state index in [1.54, 1.807) is 0 Å². The third kappa shape index (κ3) is 23.2. The minimum atomic E-state index is -4.87. The number of phosphoric acid groups is 1. The number of aliphatic hydroxyl groups excluding tert-OH is 1. The topological polar surface area (TPSA) is 116 Å². The summed E-state index contributed by atoms with van der Waals surface area (Å²) in [6.45, 7) is 1.21. The molecule has 0 rings (SSSR count). The van der Waals surface area contributed by atoms with Crippen molar-refractivity contribution in [1.29, 1.82) is 0 Å². The minimum Gasteiger partial charge on any atom is -0.756 e. The SMILES string of the molecule is CCCCC/C=C\C/C=C\CCCCCCCC(=O)OC[C@@H](O)COP(=O)([O-])O. The number of phosphoric ester groups is 1. The molecule has 0 aliphatic rings. The van der Waals surface area contributed by atoms with Crippen LogP contribution in [0.4, 0.5) is 0 Å². The molecule has 170 valence electrons. The Morgan fingerprint density at radius 3 is 2.17 bits per heavy atom. The van der Waals surface area contributed by atoms with E-state index in [0.29, 0.717) is 0 Å². The van der Waals surface area contributed by atoms with Crippen molar-refractivity contribution in [3.63, 3.8) is 0 Å². The van der Waals surface area contributed by atoms with E-state index in [1.807, 2.05) is 0 Å². The molecule has 0 fully saturated rings. The Morgan fingerprint density at radius 1 is 0.966 bits per heavy atom. The quantitative estimate of drug-likeness (QED) is 0.136. The Hall–Kier alpha value is -0.980. The third-order valence-corrected chi connectivity index (χ3v) is 4.67. The van der Waals surface area contributed by atoms with Crippen molar-refractivity contribution in [2.24, 2.45) is 0 Å². The van der Waals surface area contributed by atoms with Crippen molar-refractivity contribution in [2.45, 2.75) is 90.1 Å². The van der Waals surface area contributed by atoms with Crippen molar-refractivity contribution < 1.29 is 33.5 Å². The summed E-state index contributed by atoms with van der Waals surface area (Å²) in [4.78, 5) is 30.3. The van der Waals surface area contributed by atoms with E-state index < -0.39 is 26.5 Å². The normalized spacial score (nSPS) is 15.0. The minimum absolute atomic E-state index is 0.262. The van der Waals surface area contributed by atoms with Crippen LogP contribution in [0.1, 0.15) is 84.0 Å². The van der Waals surface area contributed by atoms with E-state index >= 15 is 0 Å². The molecular formula is C21H38O7P-. The fraction of sp³-hybridized carbons (Fsp3) is 0.762. The highest BCUT2D eigenvalue weighted by Crippen LogP contribution is 2.30. The highest BCUT2D eigenvalue weighted by molar-refractivity contribution is 7.44. The van der Waals surface area contributed by atoms with Crippen LogP contribution in [0.25, 0.3) is 0 Å². The maximum absolute atomic E-state index is 11.5. The fourth-order valence-electron chi connectivity index (χ4n) is 2.57. The molecule has 7 nitrogen and oxygen atoms in total. The molecule has 2 N–H and O–H groups in total. The second-order valence-corrected chi connectivity index (χ2v) is 8.28. The van der Waals surface area contributed by atoms with E-state index in [1.165, 1.54) is 25.7 Å². The van der Waals surface area contributed by atoms with Gasteiger partial charge >= 0.3 is 5.97 Å². The van der Waals surface area contributed by atoms with Gasteiger partial charge in [0.05, 0.1) is 6.61 Å². The molecule has 0 spiro atoms. The monoisotopic (exact) mass is 433 g/mol.